The second-order valence-electron chi connectivity index (χ2n) is 6.01. The van der Waals surface area contributed by atoms with E-state index < -0.39 is 6.10 Å². The number of aromatic nitrogens is 2. The lowest BCUT2D eigenvalue weighted by molar-refractivity contribution is -0.141. The van der Waals surface area contributed by atoms with Gasteiger partial charge in [0, 0.05) is 49.1 Å². The molecule has 1 aliphatic heterocycles. The number of nitrogens with one attached hydrogen (secondary N) is 1. The third-order valence-electron chi connectivity index (χ3n) is 4.18. The van der Waals surface area contributed by atoms with Crippen LogP contribution in [-0.2, 0) is 11.8 Å². The Morgan fingerprint density at radius 1 is 1.35 bits per heavy atom. The van der Waals surface area contributed by atoms with Crippen molar-refractivity contribution in [3.05, 3.63) is 46.5 Å². The standard InChI is InChI=1S/C17H20Cl2N4O2.ClH/c1-11(25-14-8-12(18)7-13(19)9-14)17(24)23-6-3-20-10-15(23)16-21-4-5-22(16)2;/h4-5,7-9,11,15,20H,3,6,10H2,1-2H3;1H. The number of rotatable bonds is 4. The number of ether oxygens (including phenoxy) is 1. The van der Waals surface area contributed by atoms with Gasteiger partial charge in [0.1, 0.15) is 17.6 Å². The summed E-state index contributed by atoms with van der Waals surface area (Å²) in [6.07, 6.45) is 2.96. The lowest BCUT2D eigenvalue weighted by atomic mass is 10.1. The largest absolute Gasteiger partial charge is 0.481 e. The van der Waals surface area contributed by atoms with E-state index in [0.29, 0.717) is 28.9 Å². The topological polar surface area (TPSA) is 59.4 Å². The molecule has 9 heteroatoms. The molecule has 1 aromatic heterocycles. The maximum absolute atomic E-state index is 13.0. The number of aryl methyl sites for hydroxylation is 1. The van der Waals surface area contributed by atoms with E-state index >= 15 is 0 Å². The molecule has 1 aromatic carbocycles. The number of carbonyl (C=O) groups excluding carboxylic acids is 1. The first-order chi connectivity index (χ1) is 12.0. The molecule has 2 heterocycles. The number of carbonyl (C=O) groups is 1. The zero-order valence-electron chi connectivity index (χ0n) is 14.5. The summed E-state index contributed by atoms with van der Waals surface area (Å²) in [4.78, 5) is 19.2. The van der Waals surface area contributed by atoms with Crippen LogP contribution in [0.4, 0.5) is 0 Å². The molecule has 0 aliphatic carbocycles. The number of benzene rings is 1. The summed E-state index contributed by atoms with van der Waals surface area (Å²) in [5, 5.41) is 4.25. The normalized spacial score (nSPS) is 18.2. The van der Waals surface area contributed by atoms with E-state index in [1.165, 1.54) is 0 Å². The van der Waals surface area contributed by atoms with Crippen molar-refractivity contribution in [1.82, 2.24) is 19.8 Å². The summed E-state index contributed by atoms with van der Waals surface area (Å²) in [6.45, 7) is 3.73. The first kappa shape index (κ1) is 20.8. The van der Waals surface area contributed by atoms with Gasteiger partial charge in [0.05, 0.1) is 0 Å². The molecular formula is C17H21Cl3N4O2. The molecule has 3 rings (SSSR count). The molecule has 1 amide bonds. The van der Waals surface area contributed by atoms with Gasteiger partial charge < -0.3 is 19.5 Å². The lowest BCUT2D eigenvalue weighted by Crippen LogP contribution is -2.52. The van der Waals surface area contributed by atoms with Crippen LogP contribution in [0.25, 0.3) is 0 Å². The highest BCUT2D eigenvalue weighted by Crippen LogP contribution is 2.26. The molecule has 1 saturated heterocycles. The zero-order chi connectivity index (χ0) is 18.0. The lowest BCUT2D eigenvalue weighted by Gasteiger charge is -2.37. The number of nitrogens with zero attached hydrogens (tertiary/aromatic N) is 3. The molecule has 1 N–H and O–H groups in total. The van der Waals surface area contributed by atoms with Crippen LogP contribution < -0.4 is 10.1 Å². The Labute approximate surface area is 168 Å². The molecule has 26 heavy (non-hydrogen) atoms. The van der Waals surface area contributed by atoms with Crippen LogP contribution in [0.1, 0.15) is 18.8 Å². The highest BCUT2D eigenvalue weighted by molar-refractivity contribution is 6.34. The van der Waals surface area contributed by atoms with Crippen LogP contribution in [0.2, 0.25) is 10.0 Å². The van der Waals surface area contributed by atoms with Crippen molar-refractivity contribution >= 4 is 41.5 Å². The second-order valence-corrected chi connectivity index (χ2v) is 6.89. The maximum atomic E-state index is 13.0. The Morgan fingerprint density at radius 2 is 2.04 bits per heavy atom. The van der Waals surface area contributed by atoms with Gasteiger partial charge in [0.15, 0.2) is 6.10 Å². The van der Waals surface area contributed by atoms with Crippen molar-refractivity contribution in [3.63, 3.8) is 0 Å². The minimum atomic E-state index is -0.657. The molecular weight excluding hydrogens is 399 g/mol. The van der Waals surface area contributed by atoms with Gasteiger partial charge in [0.2, 0.25) is 0 Å². The van der Waals surface area contributed by atoms with E-state index in [1.54, 1.807) is 31.3 Å². The average Bonchev–Trinajstić information content (AvgIpc) is 2.99. The molecule has 142 valence electrons. The van der Waals surface area contributed by atoms with Crippen LogP contribution >= 0.6 is 35.6 Å². The summed E-state index contributed by atoms with van der Waals surface area (Å²) >= 11 is 12.0. The Balaban J connectivity index is 0.00000243. The summed E-state index contributed by atoms with van der Waals surface area (Å²) in [5.41, 5.74) is 0. The smallest absolute Gasteiger partial charge is 0.264 e. The third-order valence-corrected chi connectivity index (χ3v) is 4.62. The second kappa shape index (κ2) is 8.95. The van der Waals surface area contributed by atoms with E-state index in [0.717, 1.165) is 12.4 Å². The summed E-state index contributed by atoms with van der Waals surface area (Å²) < 4.78 is 7.71. The first-order valence-electron chi connectivity index (χ1n) is 8.07. The molecule has 6 nitrogen and oxygen atoms in total. The summed E-state index contributed by atoms with van der Waals surface area (Å²) in [7, 11) is 1.92. The van der Waals surface area contributed by atoms with Gasteiger partial charge >= 0.3 is 0 Å². The monoisotopic (exact) mass is 418 g/mol. The van der Waals surface area contributed by atoms with Gasteiger partial charge in [-0.1, -0.05) is 23.2 Å². The van der Waals surface area contributed by atoms with E-state index in [2.05, 4.69) is 10.3 Å². The van der Waals surface area contributed by atoms with E-state index in [4.69, 9.17) is 27.9 Å². The van der Waals surface area contributed by atoms with Gasteiger partial charge in [-0.15, -0.1) is 12.4 Å². The minimum absolute atomic E-state index is 0. The molecule has 0 spiro atoms. The van der Waals surface area contributed by atoms with Crippen molar-refractivity contribution in [3.8, 4) is 5.75 Å². The van der Waals surface area contributed by atoms with E-state index in [9.17, 15) is 4.79 Å². The first-order valence-corrected chi connectivity index (χ1v) is 8.82. The molecule has 0 saturated carbocycles. The van der Waals surface area contributed by atoms with Crippen LogP contribution in [-0.4, -0.2) is 46.1 Å². The highest BCUT2D eigenvalue weighted by Gasteiger charge is 2.33. The van der Waals surface area contributed by atoms with Crippen molar-refractivity contribution in [1.29, 1.82) is 0 Å². The molecule has 2 atom stereocenters. The van der Waals surface area contributed by atoms with Crippen LogP contribution in [0.15, 0.2) is 30.6 Å². The Hall–Kier alpha value is -1.47. The number of amides is 1. The molecule has 0 bridgehead atoms. The third kappa shape index (κ3) is 4.62. The van der Waals surface area contributed by atoms with Crippen LogP contribution in [0, 0.1) is 0 Å². The van der Waals surface area contributed by atoms with E-state index in [-0.39, 0.29) is 24.4 Å². The maximum Gasteiger partial charge on any atom is 0.264 e. The van der Waals surface area contributed by atoms with Crippen molar-refractivity contribution < 1.29 is 9.53 Å². The number of hydrogen-bond acceptors (Lipinski definition) is 4. The summed E-state index contributed by atoms with van der Waals surface area (Å²) in [6, 6.07) is 4.78. The fourth-order valence-electron chi connectivity index (χ4n) is 2.98. The Kier molecular flexibility index (Phi) is 7.17. The van der Waals surface area contributed by atoms with Gasteiger partial charge in [-0.25, -0.2) is 4.98 Å². The van der Waals surface area contributed by atoms with E-state index in [1.807, 2.05) is 22.7 Å². The van der Waals surface area contributed by atoms with Crippen LogP contribution in [0.3, 0.4) is 0 Å². The van der Waals surface area contributed by atoms with Crippen molar-refractivity contribution in [2.45, 2.75) is 19.1 Å². The quantitative estimate of drug-likeness (QED) is 0.827. The predicted molar refractivity (Wildman–Crippen MR) is 104 cm³/mol. The minimum Gasteiger partial charge on any atom is -0.481 e. The van der Waals surface area contributed by atoms with Crippen LogP contribution in [0.5, 0.6) is 5.75 Å². The molecule has 1 aliphatic rings. The molecule has 2 aromatic rings. The van der Waals surface area contributed by atoms with Gasteiger partial charge in [-0.05, 0) is 25.1 Å². The predicted octanol–water partition coefficient (Wildman–Crippen LogP) is 3.09. The van der Waals surface area contributed by atoms with Gasteiger partial charge in [-0.3, -0.25) is 4.79 Å². The molecule has 0 radical (unpaired) electrons. The number of halogens is 3. The highest BCUT2D eigenvalue weighted by atomic mass is 35.5. The zero-order valence-corrected chi connectivity index (χ0v) is 16.8. The molecule has 2 unspecified atom stereocenters. The number of imidazole rings is 1. The SMILES string of the molecule is CC(Oc1cc(Cl)cc(Cl)c1)C(=O)N1CCNCC1c1nccn1C.Cl. The fraction of sp³-hybridized carbons (Fsp3) is 0.412. The number of hydrogen-bond donors (Lipinski definition) is 1. The van der Waals surface area contributed by atoms with Crippen molar-refractivity contribution in [2.75, 3.05) is 19.6 Å². The van der Waals surface area contributed by atoms with Gasteiger partial charge in [-0.2, -0.15) is 0 Å². The fourth-order valence-corrected chi connectivity index (χ4v) is 3.49. The Morgan fingerprint density at radius 3 is 2.65 bits per heavy atom. The average molecular weight is 420 g/mol. The van der Waals surface area contributed by atoms with Gasteiger partial charge in [0.25, 0.3) is 5.91 Å². The van der Waals surface area contributed by atoms with Crippen molar-refractivity contribution in [2.24, 2.45) is 7.05 Å². The summed E-state index contributed by atoms with van der Waals surface area (Å²) in [5.74, 6) is 1.23. The Bertz CT molecular complexity index is 748. The molecule has 1 fully saturated rings. The number of piperazine rings is 1.